The maximum Gasteiger partial charge on any atom is 0.322 e. The van der Waals surface area contributed by atoms with Gasteiger partial charge < -0.3 is 10.5 Å². The summed E-state index contributed by atoms with van der Waals surface area (Å²) in [6, 6.07) is -0.450. The van der Waals surface area contributed by atoms with Gasteiger partial charge in [-0.3, -0.25) is 4.79 Å². The lowest BCUT2D eigenvalue weighted by Crippen LogP contribution is -2.32. The van der Waals surface area contributed by atoms with Crippen molar-refractivity contribution in [3.63, 3.8) is 0 Å². The number of esters is 1. The SMILES string of the molecule is CCC=CCC=CCC=CCCCCCCC(N)C(=O)OCC. The van der Waals surface area contributed by atoms with Crippen molar-refractivity contribution in [3.8, 4) is 0 Å². The number of hydrogen-bond acceptors (Lipinski definition) is 3. The molecule has 23 heavy (non-hydrogen) atoms. The van der Waals surface area contributed by atoms with E-state index >= 15 is 0 Å². The Bertz CT molecular complexity index is 359. The minimum Gasteiger partial charge on any atom is -0.465 e. The van der Waals surface area contributed by atoms with Crippen molar-refractivity contribution >= 4 is 5.97 Å². The molecule has 3 heteroatoms. The molecule has 132 valence electrons. The van der Waals surface area contributed by atoms with Crippen molar-refractivity contribution in [2.45, 2.75) is 77.7 Å². The van der Waals surface area contributed by atoms with Gasteiger partial charge in [0.15, 0.2) is 0 Å². The second-order valence-electron chi connectivity index (χ2n) is 5.64. The Kier molecular flexibility index (Phi) is 16.0. The third-order valence-corrected chi connectivity index (χ3v) is 3.51. The summed E-state index contributed by atoms with van der Waals surface area (Å²) in [4.78, 5) is 11.3. The lowest BCUT2D eigenvalue weighted by atomic mass is 10.1. The van der Waals surface area contributed by atoms with E-state index in [1.165, 1.54) is 12.8 Å². The van der Waals surface area contributed by atoms with E-state index in [1.807, 2.05) is 0 Å². The molecule has 0 aliphatic carbocycles. The number of carbonyl (C=O) groups excluding carboxylic acids is 1. The summed E-state index contributed by atoms with van der Waals surface area (Å²) in [5.74, 6) is -0.270. The second-order valence-corrected chi connectivity index (χ2v) is 5.64. The fourth-order valence-electron chi connectivity index (χ4n) is 2.17. The van der Waals surface area contributed by atoms with Crippen molar-refractivity contribution < 1.29 is 9.53 Å². The predicted octanol–water partition coefficient (Wildman–Crippen LogP) is 5.08. The number of nitrogens with two attached hydrogens (primary N) is 1. The van der Waals surface area contributed by atoms with Crippen molar-refractivity contribution in [1.82, 2.24) is 0 Å². The van der Waals surface area contributed by atoms with E-state index in [2.05, 4.69) is 43.4 Å². The van der Waals surface area contributed by atoms with E-state index in [0.717, 1.165) is 44.9 Å². The van der Waals surface area contributed by atoms with E-state index in [9.17, 15) is 4.79 Å². The Morgan fingerprint density at radius 3 is 2.17 bits per heavy atom. The van der Waals surface area contributed by atoms with Crippen LogP contribution in [0, 0.1) is 0 Å². The molecule has 0 radical (unpaired) electrons. The molecule has 0 aromatic heterocycles. The van der Waals surface area contributed by atoms with Crippen LogP contribution in [0.5, 0.6) is 0 Å². The monoisotopic (exact) mass is 321 g/mol. The Morgan fingerprint density at radius 2 is 1.52 bits per heavy atom. The number of unbranched alkanes of at least 4 members (excludes halogenated alkanes) is 4. The van der Waals surface area contributed by atoms with Gasteiger partial charge in [-0.1, -0.05) is 62.6 Å². The third-order valence-electron chi connectivity index (χ3n) is 3.51. The van der Waals surface area contributed by atoms with Gasteiger partial charge in [0, 0.05) is 0 Å². The minimum absolute atomic E-state index is 0.270. The van der Waals surface area contributed by atoms with Gasteiger partial charge in [0.05, 0.1) is 6.61 Å². The van der Waals surface area contributed by atoms with Gasteiger partial charge in [-0.05, 0) is 45.4 Å². The van der Waals surface area contributed by atoms with E-state index in [1.54, 1.807) is 6.92 Å². The highest BCUT2D eigenvalue weighted by molar-refractivity contribution is 5.75. The molecule has 0 fully saturated rings. The zero-order valence-electron chi connectivity index (χ0n) is 15.0. The van der Waals surface area contributed by atoms with Crippen LogP contribution >= 0.6 is 0 Å². The average molecular weight is 322 g/mol. The number of carbonyl (C=O) groups is 1. The van der Waals surface area contributed by atoms with E-state index in [4.69, 9.17) is 10.5 Å². The van der Waals surface area contributed by atoms with Crippen molar-refractivity contribution in [2.24, 2.45) is 5.73 Å². The quantitative estimate of drug-likeness (QED) is 0.276. The summed E-state index contributed by atoms with van der Waals surface area (Å²) in [5.41, 5.74) is 5.75. The molecule has 0 bridgehead atoms. The van der Waals surface area contributed by atoms with Gasteiger partial charge in [0.25, 0.3) is 0 Å². The van der Waals surface area contributed by atoms with Crippen LogP contribution in [0.4, 0.5) is 0 Å². The molecule has 1 unspecified atom stereocenters. The van der Waals surface area contributed by atoms with Crippen LogP contribution in [-0.4, -0.2) is 18.6 Å². The molecule has 0 aromatic rings. The first-order valence-electron chi connectivity index (χ1n) is 9.09. The lowest BCUT2D eigenvalue weighted by molar-refractivity contribution is -0.144. The Hall–Kier alpha value is -1.35. The molecule has 0 aliphatic heterocycles. The standard InChI is InChI=1S/C20H35NO2/c1-3-5-6-7-8-9-10-11-12-13-14-15-16-17-18-19(21)20(22)23-4-2/h5-6,8-9,11-12,19H,3-4,7,10,13-18,21H2,1-2H3. The molecule has 0 saturated heterocycles. The Morgan fingerprint density at radius 1 is 0.913 bits per heavy atom. The molecule has 0 spiro atoms. The molecule has 0 amide bonds. The van der Waals surface area contributed by atoms with Crippen molar-refractivity contribution in [2.75, 3.05) is 6.61 Å². The second kappa shape index (κ2) is 17.0. The summed E-state index contributed by atoms with van der Waals surface area (Å²) in [6.07, 6.45) is 22.9. The van der Waals surface area contributed by atoms with Crippen LogP contribution in [0.2, 0.25) is 0 Å². The molecule has 3 nitrogen and oxygen atoms in total. The van der Waals surface area contributed by atoms with Gasteiger partial charge in [0.1, 0.15) is 6.04 Å². The molecule has 0 aromatic carbocycles. The third kappa shape index (κ3) is 15.3. The lowest BCUT2D eigenvalue weighted by Gasteiger charge is -2.09. The smallest absolute Gasteiger partial charge is 0.322 e. The number of rotatable bonds is 14. The maximum atomic E-state index is 11.3. The van der Waals surface area contributed by atoms with Crippen LogP contribution in [0.25, 0.3) is 0 Å². The molecular formula is C20H35NO2. The van der Waals surface area contributed by atoms with Gasteiger partial charge >= 0.3 is 5.97 Å². The molecule has 0 aliphatic rings. The number of allylic oxidation sites excluding steroid dienone is 6. The molecule has 0 heterocycles. The van der Waals surface area contributed by atoms with Crippen LogP contribution in [0.1, 0.15) is 71.6 Å². The molecule has 2 N–H and O–H groups in total. The van der Waals surface area contributed by atoms with E-state index < -0.39 is 6.04 Å². The van der Waals surface area contributed by atoms with Gasteiger partial charge in [0.2, 0.25) is 0 Å². The topological polar surface area (TPSA) is 52.3 Å². The van der Waals surface area contributed by atoms with Gasteiger partial charge in [-0.25, -0.2) is 0 Å². The highest BCUT2D eigenvalue weighted by Crippen LogP contribution is 2.08. The van der Waals surface area contributed by atoms with Gasteiger partial charge in [-0.2, -0.15) is 0 Å². The van der Waals surface area contributed by atoms with Crippen LogP contribution in [-0.2, 0) is 9.53 Å². The summed E-state index contributed by atoms with van der Waals surface area (Å²) in [6.45, 7) is 4.36. The molecular weight excluding hydrogens is 286 g/mol. The fourth-order valence-corrected chi connectivity index (χ4v) is 2.17. The zero-order chi connectivity index (χ0) is 17.2. The fraction of sp³-hybridized carbons (Fsp3) is 0.650. The highest BCUT2D eigenvalue weighted by atomic mass is 16.5. The minimum atomic E-state index is -0.450. The highest BCUT2D eigenvalue weighted by Gasteiger charge is 2.13. The summed E-state index contributed by atoms with van der Waals surface area (Å²) in [7, 11) is 0. The first-order valence-corrected chi connectivity index (χ1v) is 9.09. The Balaban J connectivity index is 3.40. The molecule has 1 atom stereocenters. The normalized spacial score (nSPS) is 13.3. The zero-order valence-corrected chi connectivity index (χ0v) is 15.0. The summed E-state index contributed by atoms with van der Waals surface area (Å²) < 4.78 is 4.89. The first-order chi connectivity index (χ1) is 11.2. The first kappa shape index (κ1) is 21.6. The van der Waals surface area contributed by atoms with Crippen LogP contribution < -0.4 is 5.73 Å². The van der Waals surface area contributed by atoms with Crippen molar-refractivity contribution in [1.29, 1.82) is 0 Å². The van der Waals surface area contributed by atoms with Crippen LogP contribution in [0.3, 0.4) is 0 Å². The van der Waals surface area contributed by atoms with E-state index in [0.29, 0.717) is 6.61 Å². The largest absolute Gasteiger partial charge is 0.465 e. The summed E-state index contributed by atoms with van der Waals surface area (Å²) in [5, 5.41) is 0. The molecule has 0 saturated carbocycles. The molecule has 0 rings (SSSR count). The average Bonchev–Trinajstić information content (AvgIpc) is 2.55. The van der Waals surface area contributed by atoms with Crippen LogP contribution in [0.15, 0.2) is 36.5 Å². The van der Waals surface area contributed by atoms with Gasteiger partial charge in [-0.15, -0.1) is 0 Å². The number of hydrogen-bond donors (Lipinski definition) is 1. The van der Waals surface area contributed by atoms with E-state index in [-0.39, 0.29) is 5.97 Å². The van der Waals surface area contributed by atoms with Crippen molar-refractivity contribution in [3.05, 3.63) is 36.5 Å². The number of ether oxygens (including phenoxy) is 1. The Labute approximate surface area is 142 Å². The maximum absolute atomic E-state index is 11.3. The summed E-state index contributed by atoms with van der Waals surface area (Å²) >= 11 is 0. The predicted molar refractivity (Wildman–Crippen MR) is 99.3 cm³/mol.